The van der Waals surface area contributed by atoms with E-state index in [1.807, 2.05) is 25.1 Å². The van der Waals surface area contributed by atoms with Gasteiger partial charge in [0.05, 0.1) is 23.6 Å². The lowest BCUT2D eigenvalue weighted by atomic mass is 10.2. The number of nitrogens with one attached hydrogen (secondary N) is 2. The van der Waals surface area contributed by atoms with Crippen molar-refractivity contribution in [3.63, 3.8) is 0 Å². The minimum atomic E-state index is -0.102. The molecule has 3 aromatic rings. The molecule has 1 aliphatic rings. The molecule has 1 saturated heterocycles. The fourth-order valence-corrected chi connectivity index (χ4v) is 3.35. The Labute approximate surface area is 151 Å². The van der Waals surface area contributed by atoms with E-state index in [0.717, 1.165) is 42.8 Å². The quantitative estimate of drug-likeness (QED) is 0.693. The van der Waals surface area contributed by atoms with Crippen LogP contribution < -0.4 is 10.6 Å². The number of imidazole rings is 1. The van der Waals surface area contributed by atoms with Crippen molar-refractivity contribution in [2.45, 2.75) is 45.3 Å². The third-order valence-corrected chi connectivity index (χ3v) is 4.71. The molecule has 3 heterocycles. The summed E-state index contributed by atoms with van der Waals surface area (Å²) in [4.78, 5) is 20.9. The van der Waals surface area contributed by atoms with Crippen LogP contribution in [0.4, 0.5) is 0 Å². The summed E-state index contributed by atoms with van der Waals surface area (Å²) in [5, 5.41) is 10.0. The summed E-state index contributed by atoms with van der Waals surface area (Å²) in [6.07, 6.45) is 2.55. The number of amides is 1. The van der Waals surface area contributed by atoms with E-state index in [4.69, 9.17) is 4.52 Å². The van der Waals surface area contributed by atoms with Crippen LogP contribution in [-0.2, 0) is 24.3 Å². The molecule has 1 atom stereocenters. The Morgan fingerprint density at radius 2 is 2.27 bits per heavy atom. The monoisotopic (exact) mass is 354 g/mol. The zero-order chi connectivity index (χ0) is 17.9. The maximum absolute atomic E-state index is 12.0. The molecule has 26 heavy (non-hydrogen) atoms. The standard InChI is InChI=1S/C18H22N6O2/c1-12-21-13-5-2-3-7-15(13)24(12)10-8-16-22-17(26-23-16)11-20-18(25)14-6-4-9-19-14/h2-3,5,7,14,19H,4,6,8-11H2,1H3,(H,20,25). The number of hydrogen-bond acceptors (Lipinski definition) is 6. The first-order valence-corrected chi connectivity index (χ1v) is 8.95. The summed E-state index contributed by atoms with van der Waals surface area (Å²) >= 11 is 0. The number of benzene rings is 1. The molecule has 1 fully saturated rings. The lowest BCUT2D eigenvalue weighted by Gasteiger charge is -2.08. The van der Waals surface area contributed by atoms with Crippen molar-refractivity contribution in [1.29, 1.82) is 0 Å². The third-order valence-electron chi connectivity index (χ3n) is 4.71. The summed E-state index contributed by atoms with van der Waals surface area (Å²) in [5.41, 5.74) is 2.09. The Hall–Kier alpha value is -2.74. The molecule has 0 aliphatic carbocycles. The van der Waals surface area contributed by atoms with Crippen molar-refractivity contribution in [2.24, 2.45) is 0 Å². The first-order chi connectivity index (χ1) is 12.7. The van der Waals surface area contributed by atoms with Gasteiger partial charge in [0.15, 0.2) is 5.82 Å². The van der Waals surface area contributed by atoms with E-state index in [0.29, 0.717) is 18.1 Å². The van der Waals surface area contributed by atoms with Crippen molar-refractivity contribution >= 4 is 16.9 Å². The first kappa shape index (κ1) is 16.7. The Morgan fingerprint density at radius 1 is 1.38 bits per heavy atom. The summed E-state index contributed by atoms with van der Waals surface area (Å²) in [5.74, 6) is 2.01. The number of rotatable bonds is 6. The molecule has 2 aromatic heterocycles. The average molecular weight is 354 g/mol. The summed E-state index contributed by atoms with van der Waals surface area (Å²) in [7, 11) is 0. The van der Waals surface area contributed by atoms with Crippen LogP contribution >= 0.6 is 0 Å². The van der Waals surface area contributed by atoms with Gasteiger partial charge >= 0.3 is 0 Å². The van der Waals surface area contributed by atoms with E-state index in [1.54, 1.807) is 0 Å². The normalized spacial score (nSPS) is 17.0. The van der Waals surface area contributed by atoms with Crippen LogP contribution in [0, 0.1) is 6.92 Å². The lowest BCUT2D eigenvalue weighted by Crippen LogP contribution is -2.40. The number of carbonyl (C=O) groups is 1. The predicted molar refractivity (Wildman–Crippen MR) is 95.3 cm³/mol. The van der Waals surface area contributed by atoms with Crippen LogP contribution in [0.5, 0.6) is 0 Å². The van der Waals surface area contributed by atoms with E-state index < -0.39 is 0 Å². The van der Waals surface area contributed by atoms with Gasteiger partial charge in [-0.1, -0.05) is 17.3 Å². The van der Waals surface area contributed by atoms with Crippen molar-refractivity contribution < 1.29 is 9.32 Å². The number of carbonyl (C=O) groups excluding carboxylic acids is 1. The number of aryl methyl sites for hydroxylation is 3. The van der Waals surface area contributed by atoms with Crippen LogP contribution in [0.15, 0.2) is 28.8 Å². The highest BCUT2D eigenvalue weighted by molar-refractivity contribution is 5.81. The summed E-state index contributed by atoms with van der Waals surface area (Å²) in [6.45, 7) is 3.88. The zero-order valence-electron chi connectivity index (χ0n) is 14.7. The largest absolute Gasteiger partial charge is 0.346 e. The van der Waals surface area contributed by atoms with Crippen molar-refractivity contribution in [3.8, 4) is 0 Å². The zero-order valence-corrected chi connectivity index (χ0v) is 14.7. The molecule has 8 nitrogen and oxygen atoms in total. The maximum Gasteiger partial charge on any atom is 0.246 e. The first-order valence-electron chi connectivity index (χ1n) is 8.95. The molecule has 1 amide bonds. The van der Waals surface area contributed by atoms with Crippen LogP contribution in [0.2, 0.25) is 0 Å². The molecule has 1 aromatic carbocycles. The lowest BCUT2D eigenvalue weighted by molar-refractivity contribution is -0.123. The SMILES string of the molecule is Cc1nc2ccccc2n1CCc1noc(CNC(=O)C2CCCN2)n1. The van der Waals surface area contributed by atoms with E-state index in [-0.39, 0.29) is 18.5 Å². The number of para-hydroxylation sites is 2. The van der Waals surface area contributed by atoms with E-state index in [1.165, 1.54) is 0 Å². The highest BCUT2D eigenvalue weighted by atomic mass is 16.5. The highest BCUT2D eigenvalue weighted by Gasteiger charge is 2.22. The Bertz CT molecular complexity index is 909. The fraction of sp³-hybridized carbons (Fsp3) is 0.444. The van der Waals surface area contributed by atoms with Gasteiger partial charge in [0.1, 0.15) is 5.82 Å². The topological polar surface area (TPSA) is 97.9 Å². The van der Waals surface area contributed by atoms with Crippen molar-refractivity contribution in [3.05, 3.63) is 41.8 Å². The second kappa shape index (κ2) is 7.25. The van der Waals surface area contributed by atoms with Gasteiger partial charge in [0, 0.05) is 13.0 Å². The third kappa shape index (κ3) is 3.45. The van der Waals surface area contributed by atoms with Gasteiger partial charge in [-0.2, -0.15) is 4.98 Å². The fourth-order valence-electron chi connectivity index (χ4n) is 3.35. The summed E-state index contributed by atoms with van der Waals surface area (Å²) < 4.78 is 7.40. The molecular formula is C18H22N6O2. The van der Waals surface area contributed by atoms with Crippen LogP contribution in [0.25, 0.3) is 11.0 Å². The molecule has 0 saturated carbocycles. The van der Waals surface area contributed by atoms with Gasteiger partial charge in [-0.3, -0.25) is 4.79 Å². The average Bonchev–Trinajstić information content (AvgIpc) is 3.38. The van der Waals surface area contributed by atoms with Crippen LogP contribution in [0.3, 0.4) is 0 Å². The molecule has 4 rings (SSSR count). The smallest absolute Gasteiger partial charge is 0.246 e. The molecule has 0 bridgehead atoms. The maximum atomic E-state index is 12.0. The molecule has 0 spiro atoms. The minimum absolute atomic E-state index is 0.0113. The second-order valence-electron chi connectivity index (χ2n) is 6.52. The molecule has 2 N–H and O–H groups in total. The molecule has 1 unspecified atom stereocenters. The van der Waals surface area contributed by atoms with Crippen molar-refractivity contribution in [1.82, 2.24) is 30.3 Å². The van der Waals surface area contributed by atoms with Gasteiger partial charge in [0.2, 0.25) is 11.8 Å². The van der Waals surface area contributed by atoms with E-state index in [2.05, 4.69) is 36.4 Å². The van der Waals surface area contributed by atoms with E-state index >= 15 is 0 Å². The van der Waals surface area contributed by atoms with E-state index in [9.17, 15) is 4.79 Å². The van der Waals surface area contributed by atoms with Crippen LogP contribution in [0.1, 0.15) is 30.4 Å². The number of aromatic nitrogens is 4. The van der Waals surface area contributed by atoms with Gasteiger partial charge in [-0.25, -0.2) is 4.98 Å². The van der Waals surface area contributed by atoms with Gasteiger partial charge in [-0.15, -0.1) is 0 Å². The predicted octanol–water partition coefficient (Wildman–Crippen LogP) is 1.34. The molecule has 0 radical (unpaired) electrons. The highest BCUT2D eigenvalue weighted by Crippen LogP contribution is 2.16. The number of hydrogen-bond donors (Lipinski definition) is 2. The van der Waals surface area contributed by atoms with Gasteiger partial charge in [-0.05, 0) is 38.4 Å². The molecule has 8 heteroatoms. The summed E-state index contributed by atoms with van der Waals surface area (Å²) in [6, 6.07) is 7.96. The molecular weight excluding hydrogens is 332 g/mol. The van der Waals surface area contributed by atoms with Gasteiger partial charge < -0.3 is 19.7 Å². The molecule has 1 aliphatic heterocycles. The minimum Gasteiger partial charge on any atom is -0.346 e. The Morgan fingerprint density at radius 3 is 3.12 bits per heavy atom. The Balaban J connectivity index is 1.34. The number of nitrogens with zero attached hydrogens (tertiary/aromatic N) is 4. The molecule has 136 valence electrons. The number of fused-ring (bicyclic) bond motifs is 1. The van der Waals surface area contributed by atoms with Crippen molar-refractivity contribution in [2.75, 3.05) is 6.54 Å². The van der Waals surface area contributed by atoms with Gasteiger partial charge in [0.25, 0.3) is 0 Å². The second-order valence-corrected chi connectivity index (χ2v) is 6.52. The van der Waals surface area contributed by atoms with Crippen LogP contribution in [-0.4, -0.2) is 38.2 Å². The Kier molecular flexibility index (Phi) is 4.66.